The highest BCUT2D eigenvalue weighted by molar-refractivity contribution is 5.54. The van der Waals surface area contributed by atoms with E-state index in [4.69, 9.17) is 4.74 Å². The summed E-state index contributed by atoms with van der Waals surface area (Å²) < 4.78 is 5.10. The zero-order valence-corrected chi connectivity index (χ0v) is 11.5. The zero-order valence-electron chi connectivity index (χ0n) is 11.5. The average Bonchev–Trinajstić information content (AvgIpc) is 2.42. The van der Waals surface area contributed by atoms with Gasteiger partial charge in [0.2, 0.25) is 0 Å². The van der Waals surface area contributed by atoms with Crippen molar-refractivity contribution < 1.29 is 9.66 Å². The number of nitrogens with zero attached hydrogens (tertiary/aromatic N) is 2. The molecule has 1 aromatic heterocycles. The van der Waals surface area contributed by atoms with Gasteiger partial charge in [-0.05, 0) is 13.3 Å². The van der Waals surface area contributed by atoms with Crippen LogP contribution in [-0.2, 0) is 4.74 Å². The number of aromatic nitrogens is 1. The minimum Gasteiger partial charge on any atom is -0.380 e. The predicted molar refractivity (Wildman–Crippen MR) is 74.6 cm³/mol. The molecule has 0 spiro atoms. The fourth-order valence-electron chi connectivity index (χ4n) is 1.39. The number of pyridine rings is 1. The van der Waals surface area contributed by atoms with Crippen LogP contribution in [0.15, 0.2) is 12.1 Å². The molecule has 1 atom stereocenters. The SMILES string of the molecule is CCCNc1cc([N+](=O)[O-])cc(NCC(C)OC)n1. The Morgan fingerprint density at radius 3 is 2.58 bits per heavy atom. The number of nitrogens with one attached hydrogen (secondary N) is 2. The Labute approximate surface area is 112 Å². The van der Waals surface area contributed by atoms with E-state index in [1.165, 1.54) is 12.1 Å². The molecule has 0 aromatic carbocycles. The van der Waals surface area contributed by atoms with Crippen molar-refractivity contribution in [3.8, 4) is 0 Å². The van der Waals surface area contributed by atoms with E-state index < -0.39 is 4.92 Å². The topological polar surface area (TPSA) is 89.3 Å². The van der Waals surface area contributed by atoms with Crippen molar-refractivity contribution in [1.29, 1.82) is 0 Å². The van der Waals surface area contributed by atoms with E-state index in [1.807, 2.05) is 13.8 Å². The van der Waals surface area contributed by atoms with Crippen molar-refractivity contribution in [3.05, 3.63) is 22.2 Å². The first-order valence-corrected chi connectivity index (χ1v) is 6.23. The number of hydrogen-bond acceptors (Lipinski definition) is 6. The minimum absolute atomic E-state index is 0.00751. The Kier molecular flexibility index (Phi) is 6.01. The summed E-state index contributed by atoms with van der Waals surface area (Å²) in [4.78, 5) is 14.7. The molecule has 1 unspecified atom stereocenters. The number of methoxy groups -OCH3 is 1. The summed E-state index contributed by atoms with van der Waals surface area (Å²) >= 11 is 0. The first-order valence-electron chi connectivity index (χ1n) is 6.23. The van der Waals surface area contributed by atoms with Crippen LogP contribution in [0.5, 0.6) is 0 Å². The van der Waals surface area contributed by atoms with Crippen LogP contribution in [-0.4, -0.2) is 36.2 Å². The summed E-state index contributed by atoms with van der Waals surface area (Å²) in [5.74, 6) is 0.973. The van der Waals surface area contributed by atoms with Gasteiger partial charge in [-0.1, -0.05) is 6.92 Å². The third-order valence-corrected chi connectivity index (χ3v) is 2.55. The molecule has 0 aliphatic rings. The first-order chi connectivity index (χ1) is 9.06. The van der Waals surface area contributed by atoms with Crippen LogP contribution < -0.4 is 10.6 Å². The lowest BCUT2D eigenvalue weighted by Crippen LogP contribution is -2.19. The molecule has 0 amide bonds. The Morgan fingerprint density at radius 2 is 2.05 bits per heavy atom. The lowest BCUT2D eigenvalue weighted by atomic mass is 10.3. The molecular formula is C12H20N4O3. The molecule has 0 bridgehead atoms. The van der Waals surface area contributed by atoms with Gasteiger partial charge in [0.15, 0.2) is 0 Å². The summed E-state index contributed by atoms with van der Waals surface area (Å²) in [6.07, 6.45) is 0.932. The highest BCUT2D eigenvalue weighted by atomic mass is 16.6. The number of ether oxygens (including phenoxy) is 1. The second kappa shape index (κ2) is 7.52. The van der Waals surface area contributed by atoms with Crippen LogP contribution in [0.3, 0.4) is 0 Å². The van der Waals surface area contributed by atoms with Crippen LogP contribution in [0.4, 0.5) is 17.3 Å². The van der Waals surface area contributed by atoms with Gasteiger partial charge in [0.05, 0.1) is 23.2 Å². The molecule has 7 heteroatoms. The molecule has 0 aliphatic heterocycles. The molecule has 1 aromatic rings. The molecular weight excluding hydrogens is 248 g/mol. The van der Waals surface area contributed by atoms with Gasteiger partial charge in [-0.3, -0.25) is 10.1 Å². The fraction of sp³-hybridized carbons (Fsp3) is 0.583. The maximum Gasteiger partial charge on any atom is 0.276 e. The van der Waals surface area contributed by atoms with Gasteiger partial charge in [0.25, 0.3) is 5.69 Å². The molecule has 0 saturated heterocycles. The molecule has 0 aliphatic carbocycles. The molecule has 0 radical (unpaired) electrons. The van der Waals surface area contributed by atoms with Crippen LogP contribution in [0.1, 0.15) is 20.3 Å². The number of hydrogen-bond donors (Lipinski definition) is 2. The Morgan fingerprint density at radius 1 is 1.42 bits per heavy atom. The number of rotatable bonds is 8. The van der Waals surface area contributed by atoms with E-state index >= 15 is 0 Å². The van der Waals surface area contributed by atoms with Crippen molar-refractivity contribution >= 4 is 17.3 Å². The zero-order chi connectivity index (χ0) is 14.3. The fourth-order valence-corrected chi connectivity index (χ4v) is 1.39. The Bertz CT molecular complexity index is 425. The van der Waals surface area contributed by atoms with Crippen molar-refractivity contribution in [2.45, 2.75) is 26.4 Å². The molecule has 1 heterocycles. The van der Waals surface area contributed by atoms with Gasteiger partial charge >= 0.3 is 0 Å². The van der Waals surface area contributed by atoms with Crippen molar-refractivity contribution in [1.82, 2.24) is 4.98 Å². The second-order valence-corrected chi connectivity index (χ2v) is 4.21. The van der Waals surface area contributed by atoms with E-state index in [-0.39, 0.29) is 11.8 Å². The van der Waals surface area contributed by atoms with Gasteiger partial charge in [-0.25, -0.2) is 4.98 Å². The molecule has 0 fully saturated rings. The number of anilines is 2. The van der Waals surface area contributed by atoms with E-state index in [1.54, 1.807) is 7.11 Å². The average molecular weight is 268 g/mol. The van der Waals surface area contributed by atoms with Gasteiger partial charge < -0.3 is 15.4 Å². The molecule has 0 saturated carbocycles. The van der Waals surface area contributed by atoms with Crippen molar-refractivity contribution in [3.63, 3.8) is 0 Å². The highest BCUT2D eigenvalue weighted by Crippen LogP contribution is 2.20. The smallest absolute Gasteiger partial charge is 0.276 e. The predicted octanol–water partition coefficient (Wildman–Crippen LogP) is 2.26. The molecule has 2 N–H and O–H groups in total. The standard InChI is InChI=1S/C12H20N4O3/c1-4-5-13-11-6-10(16(17)18)7-12(15-11)14-8-9(2)19-3/h6-7,9H,4-5,8H2,1-3H3,(H2,13,14,15). The van der Waals surface area contributed by atoms with Gasteiger partial charge in [0, 0.05) is 20.2 Å². The number of nitro groups is 1. The van der Waals surface area contributed by atoms with Crippen LogP contribution in [0.2, 0.25) is 0 Å². The van der Waals surface area contributed by atoms with Gasteiger partial charge in [-0.15, -0.1) is 0 Å². The van der Waals surface area contributed by atoms with E-state index in [0.29, 0.717) is 18.2 Å². The van der Waals surface area contributed by atoms with Crippen LogP contribution in [0, 0.1) is 10.1 Å². The maximum atomic E-state index is 10.9. The quantitative estimate of drug-likeness (QED) is 0.555. The summed E-state index contributed by atoms with van der Waals surface area (Å²) in [6.45, 7) is 5.18. The maximum absolute atomic E-state index is 10.9. The third-order valence-electron chi connectivity index (χ3n) is 2.55. The normalized spacial score (nSPS) is 11.9. The van der Waals surface area contributed by atoms with E-state index in [2.05, 4.69) is 15.6 Å². The lowest BCUT2D eigenvalue weighted by molar-refractivity contribution is -0.384. The third kappa shape index (κ3) is 5.09. The molecule has 1 rings (SSSR count). The largest absolute Gasteiger partial charge is 0.380 e. The summed E-state index contributed by atoms with van der Waals surface area (Å²) in [7, 11) is 1.61. The summed E-state index contributed by atoms with van der Waals surface area (Å²) in [6, 6.07) is 2.85. The van der Waals surface area contributed by atoms with Gasteiger partial charge in [0.1, 0.15) is 11.6 Å². The highest BCUT2D eigenvalue weighted by Gasteiger charge is 2.11. The molecule has 19 heavy (non-hydrogen) atoms. The monoisotopic (exact) mass is 268 g/mol. The second-order valence-electron chi connectivity index (χ2n) is 4.21. The lowest BCUT2D eigenvalue weighted by Gasteiger charge is -2.12. The van der Waals surface area contributed by atoms with Crippen LogP contribution >= 0.6 is 0 Å². The summed E-state index contributed by atoms with van der Waals surface area (Å²) in [5.41, 5.74) is 0.0150. The molecule has 106 valence electrons. The van der Waals surface area contributed by atoms with E-state index in [9.17, 15) is 10.1 Å². The Balaban J connectivity index is 2.83. The first kappa shape index (κ1) is 15.2. The molecule has 7 nitrogen and oxygen atoms in total. The van der Waals surface area contributed by atoms with E-state index in [0.717, 1.165) is 13.0 Å². The minimum atomic E-state index is -0.427. The Hall–Kier alpha value is -1.89. The van der Waals surface area contributed by atoms with Crippen molar-refractivity contribution in [2.24, 2.45) is 0 Å². The summed E-state index contributed by atoms with van der Waals surface area (Å²) in [5, 5.41) is 16.9. The van der Waals surface area contributed by atoms with Gasteiger partial charge in [-0.2, -0.15) is 0 Å². The van der Waals surface area contributed by atoms with Crippen LogP contribution in [0.25, 0.3) is 0 Å². The van der Waals surface area contributed by atoms with Crippen molar-refractivity contribution in [2.75, 3.05) is 30.8 Å².